The van der Waals surface area contributed by atoms with Crippen LogP contribution in [0.15, 0.2) is 18.3 Å². The highest BCUT2D eigenvalue weighted by molar-refractivity contribution is 5.83. The fourth-order valence-corrected chi connectivity index (χ4v) is 3.91. The average Bonchev–Trinajstić information content (AvgIpc) is 3.05. The Kier molecular flexibility index (Phi) is 6.52. The number of aliphatic hydroxyl groups excluding tert-OH is 1. The molecule has 0 bridgehead atoms. The molecular formula is C23H33N5O. The number of hydrogen-bond acceptors (Lipinski definition) is 5. The van der Waals surface area contributed by atoms with Gasteiger partial charge in [0, 0.05) is 43.7 Å². The Labute approximate surface area is 173 Å². The fourth-order valence-electron chi connectivity index (χ4n) is 3.91. The van der Waals surface area contributed by atoms with Crippen LogP contribution in [0.2, 0.25) is 0 Å². The summed E-state index contributed by atoms with van der Waals surface area (Å²) < 4.78 is 2.05. The van der Waals surface area contributed by atoms with Gasteiger partial charge in [-0.1, -0.05) is 27.7 Å². The normalized spacial score (nSPS) is 12.7. The van der Waals surface area contributed by atoms with Crippen LogP contribution in [0.5, 0.6) is 0 Å². The Morgan fingerprint density at radius 3 is 2.48 bits per heavy atom. The maximum atomic E-state index is 9.46. The van der Waals surface area contributed by atoms with Crippen molar-refractivity contribution in [1.29, 1.82) is 0 Å². The van der Waals surface area contributed by atoms with Gasteiger partial charge in [0.25, 0.3) is 0 Å². The molecule has 156 valence electrons. The molecule has 3 rings (SSSR count). The summed E-state index contributed by atoms with van der Waals surface area (Å²) in [5, 5.41) is 12.7. The number of aryl methyl sites for hydroxylation is 2. The Balaban J connectivity index is 2.21. The zero-order valence-electron chi connectivity index (χ0n) is 18.5. The van der Waals surface area contributed by atoms with Gasteiger partial charge in [0.1, 0.15) is 11.3 Å². The minimum Gasteiger partial charge on any atom is -0.396 e. The van der Waals surface area contributed by atoms with E-state index in [2.05, 4.69) is 55.9 Å². The first-order valence-corrected chi connectivity index (χ1v) is 10.6. The molecule has 0 aliphatic heterocycles. The smallest absolute Gasteiger partial charge is 0.159 e. The molecule has 2 N–H and O–H groups in total. The van der Waals surface area contributed by atoms with Crippen LogP contribution < -0.4 is 5.32 Å². The van der Waals surface area contributed by atoms with Crippen molar-refractivity contribution in [3.8, 4) is 11.3 Å². The monoisotopic (exact) mass is 395 g/mol. The van der Waals surface area contributed by atoms with Gasteiger partial charge >= 0.3 is 0 Å². The molecule has 3 aromatic heterocycles. The van der Waals surface area contributed by atoms with Gasteiger partial charge in [-0.05, 0) is 43.2 Å². The lowest BCUT2D eigenvalue weighted by atomic mass is 9.95. The molecule has 0 aromatic carbocycles. The molecule has 1 unspecified atom stereocenters. The molecule has 0 saturated carbocycles. The quantitative estimate of drug-likeness (QED) is 0.581. The van der Waals surface area contributed by atoms with E-state index in [0.29, 0.717) is 5.92 Å². The maximum Gasteiger partial charge on any atom is 0.159 e. The first-order chi connectivity index (χ1) is 13.9. The molecule has 0 amide bonds. The second-order valence-electron chi connectivity index (χ2n) is 7.89. The van der Waals surface area contributed by atoms with Gasteiger partial charge in [-0.3, -0.25) is 0 Å². The van der Waals surface area contributed by atoms with E-state index in [9.17, 15) is 5.11 Å². The summed E-state index contributed by atoms with van der Waals surface area (Å²) >= 11 is 0. The van der Waals surface area contributed by atoms with Gasteiger partial charge in [-0.2, -0.15) is 0 Å². The molecule has 6 nitrogen and oxygen atoms in total. The second kappa shape index (κ2) is 8.91. The Hall–Kier alpha value is -2.47. The number of nitrogens with zero attached hydrogens (tertiary/aromatic N) is 4. The molecule has 0 saturated heterocycles. The number of hydrogen-bond donors (Lipinski definition) is 2. The number of fused-ring (bicyclic) bond motifs is 1. The van der Waals surface area contributed by atoms with E-state index in [1.807, 2.05) is 14.1 Å². The number of nitrogens with one attached hydrogen (secondary N) is 1. The predicted octanol–water partition coefficient (Wildman–Crippen LogP) is 4.63. The van der Waals surface area contributed by atoms with Crippen LogP contribution in [0.4, 0.5) is 5.82 Å². The Morgan fingerprint density at radius 1 is 1.14 bits per heavy atom. The predicted molar refractivity (Wildman–Crippen MR) is 119 cm³/mol. The highest BCUT2D eigenvalue weighted by Crippen LogP contribution is 2.34. The van der Waals surface area contributed by atoms with E-state index < -0.39 is 0 Å². The van der Waals surface area contributed by atoms with Crippen molar-refractivity contribution >= 4 is 17.0 Å². The minimum atomic E-state index is 0.181. The first kappa shape index (κ1) is 21.2. The second-order valence-corrected chi connectivity index (χ2v) is 7.89. The minimum absolute atomic E-state index is 0.181. The topological polar surface area (TPSA) is 75.9 Å². The molecule has 3 heterocycles. The lowest BCUT2D eigenvalue weighted by molar-refractivity contribution is 0.274. The van der Waals surface area contributed by atoms with Crippen molar-refractivity contribution in [3.05, 3.63) is 35.3 Å². The third kappa shape index (κ3) is 3.99. The van der Waals surface area contributed by atoms with Gasteiger partial charge in [0.15, 0.2) is 5.65 Å². The Morgan fingerprint density at radius 2 is 1.90 bits per heavy atom. The van der Waals surface area contributed by atoms with E-state index in [4.69, 9.17) is 15.0 Å². The first-order valence-electron chi connectivity index (χ1n) is 10.6. The summed E-state index contributed by atoms with van der Waals surface area (Å²) in [5.74, 6) is 1.48. The molecular weight excluding hydrogens is 362 g/mol. The molecule has 1 atom stereocenters. The van der Waals surface area contributed by atoms with Gasteiger partial charge in [0.2, 0.25) is 0 Å². The van der Waals surface area contributed by atoms with Crippen LogP contribution in [-0.2, 0) is 13.5 Å². The van der Waals surface area contributed by atoms with Gasteiger partial charge in [-0.25, -0.2) is 15.0 Å². The van der Waals surface area contributed by atoms with Crippen LogP contribution in [0.1, 0.15) is 69.3 Å². The molecule has 0 aliphatic carbocycles. The Bertz CT molecular complexity index is 993. The number of pyridine rings is 1. The van der Waals surface area contributed by atoms with E-state index in [-0.39, 0.29) is 12.5 Å². The van der Waals surface area contributed by atoms with Gasteiger partial charge < -0.3 is 15.0 Å². The average molecular weight is 396 g/mol. The molecule has 0 spiro atoms. The van der Waals surface area contributed by atoms with Crippen molar-refractivity contribution in [2.75, 3.05) is 19.0 Å². The van der Waals surface area contributed by atoms with Crippen LogP contribution in [0.25, 0.3) is 22.4 Å². The standard InChI is InChI=1S/C23H33N5O/c1-7-15(11-12-29)17-13-28(6)23-21(17)25-18(8-2)20(27-23)16-9-10-19(14(3)4)26-22(16)24-5/h9-10,13-15,29H,7-8,11-12H2,1-6H3,(H,24,26). The van der Waals surface area contributed by atoms with Crippen LogP contribution >= 0.6 is 0 Å². The summed E-state index contributed by atoms with van der Waals surface area (Å²) in [5.41, 5.74) is 6.89. The maximum absolute atomic E-state index is 9.46. The van der Waals surface area contributed by atoms with Crippen molar-refractivity contribution < 1.29 is 5.11 Å². The van der Waals surface area contributed by atoms with E-state index in [1.54, 1.807) is 0 Å². The fraction of sp³-hybridized carbons (Fsp3) is 0.522. The third-order valence-electron chi connectivity index (χ3n) is 5.64. The molecule has 0 aliphatic rings. The third-order valence-corrected chi connectivity index (χ3v) is 5.64. The summed E-state index contributed by atoms with van der Waals surface area (Å²) in [6.45, 7) is 8.74. The van der Waals surface area contributed by atoms with E-state index in [0.717, 1.165) is 58.9 Å². The van der Waals surface area contributed by atoms with E-state index >= 15 is 0 Å². The SMILES string of the molecule is CCc1nc2c(C(CC)CCO)cn(C)c2nc1-c1ccc(C(C)C)nc1NC. The highest BCUT2D eigenvalue weighted by Gasteiger charge is 2.21. The van der Waals surface area contributed by atoms with Crippen LogP contribution in [-0.4, -0.2) is 38.3 Å². The number of rotatable bonds is 8. The molecule has 0 radical (unpaired) electrons. The van der Waals surface area contributed by atoms with Crippen LogP contribution in [0.3, 0.4) is 0 Å². The number of aliphatic hydroxyl groups is 1. The summed E-state index contributed by atoms with van der Waals surface area (Å²) in [6.07, 6.45) is 4.62. The molecule has 29 heavy (non-hydrogen) atoms. The van der Waals surface area contributed by atoms with Crippen molar-refractivity contribution in [3.63, 3.8) is 0 Å². The van der Waals surface area contributed by atoms with Gasteiger partial charge in [-0.15, -0.1) is 0 Å². The largest absolute Gasteiger partial charge is 0.396 e. The lowest BCUT2D eigenvalue weighted by Gasteiger charge is -2.15. The highest BCUT2D eigenvalue weighted by atomic mass is 16.3. The number of aromatic nitrogens is 4. The summed E-state index contributed by atoms with van der Waals surface area (Å²) in [7, 11) is 3.91. The lowest BCUT2D eigenvalue weighted by Crippen LogP contribution is -2.05. The summed E-state index contributed by atoms with van der Waals surface area (Å²) in [6, 6.07) is 4.19. The van der Waals surface area contributed by atoms with Crippen molar-refractivity contribution in [1.82, 2.24) is 19.5 Å². The molecule has 0 fully saturated rings. The molecule has 3 aromatic rings. The van der Waals surface area contributed by atoms with Crippen molar-refractivity contribution in [2.24, 2.45) is 7.05 Å². The van der Waals surface area contributed by atoms with Crippen LogP contribution in [0, 0.1) is 0 Å². The zero-order valence-corrected chi connectivity index (χ0v) is 18.5. The van der Waals surface area contributed by atoms with Crippen molar-refractivity contribution in [2.45, 2.75) is 58.8 Å². The van der Waals surface area contributed by atoms with Gasteiger partial charge in [0.05, 0.1) is 11.4 Å². The molecule has 6 heteroatoms. The zero-order chi connectivity index (χ0) is 21.1. The van der Waals surface area contributed by atoms with E-state index in [1.165, 1.54) is 5.56 Å². The summed E-state index contributed by atoms with van der Waals surface area (Å²) in [4.78, 5) is 14.9. The number of anilines is 1.